The van der Waals surface area contributed by atoms with Crippen molar-refractivity contribution in [3.05, 3.63) is 16.5 Å². The van der Waals surface area contributed by atoms with E-state index in [1.165, 1.54) is 6.42 Å². The van der Waals surface area contributed by atoms with Crippen LogP contribution in [-0.4, -0.2) is 29.7 Å². The molecule has 0 aromatic carbocycles. The summed E-state index contributed by atoms with van der Waals surface area (Å²) in [5.41, 5.74) is 0.911. The van der Waals surface area contributed by atoms with E-state index >= 15 is 0 Å². The molecule has 17 heavy (non-hydrogen) atoms. The minimum atomic E-state index is 0.528. The Labute approximate surface area is 107 Å². The first kappa shape index (κ1) is 12.6. The highest BCUT2D eigenvalue weighted by atomic mass is 35.5. The first-order chi connectivity index (χ1) is 8.16. The molecule has 0 saturated carbocycles. The van der Waals surface area contributed by atoms with Gasteiger partial charge in [-0.15, -0.1) is 0 Å². The molecule has 2 rings (SSSR count). The number of aromatic nitrogens is 2. The summed E-state index contributed by atoms with van der Waals surface area (Å²) in [6.07, 6.45) is 2.36. The van der Waals surface area contributed by atoms with Crippen molar-refractivity contribution in [1.29, 1.82) is 0 Å². The second-order valence-corrected chi connectivity index (χ2v) is 4.86. The number of hydrogen-bond donors (Lipinski definition) is 1. The van der Waals surface area contributed by atoms with E-state index in [9.17, 15) is 0 Å². The average Bonchev–Trinajstić information content (AvgIpc) is 2.33. The minimum Gasteiger partial charge on any atom is -0.381 e. The van der Waals surface area contributed by atoms with Crippen molar-refractivity contribution < 1.29 is 4.74 Å². The van der Waals surface area contributed by atoms with Crippen molar-refractivity contribution in [1.82, 2.24) is 9.97 Å². The van der Waals surface area contributed by atoms with Crippen LogP contribution in [0.4, 0.5) is 5.82 Å². The van der Waals surface area contributed by atoms with Crippen LogP contribution < -0.4 is 5.32 Å². The fourth-order valence-electron chi connectivity index (χ4n) is 1.98. The standard InChI is InChI=1S/C12H18ClN3O/c1-8-11(13)15-9(2)16-12(8)14-6-10-4-3-5-17-7-10/h10H,3-7H2,1-2H3,(H,14,15,16). The highest BCUT2D eigenvalue weighted by molar-refractivity contribution is 6.30. The monoisotopic (exact) mass is 255 g/mol. The van der Waals surface area contributed by atoms with Crippen LogP contribution in [0.15, 0.2) is 0 Å². The Morgan fingerprint density at radius 3 is 2.94 bits per heavy atom. The second-order valence-electron chi connectivity index (χ2n) is 4.50. The summed E-state index contributed by atoms with van der Waals surface area (Å²) in [7, 11) is 0. The molecule has 4 nitrogen and oxygen atoms in total. The maximum atomic E-state index is 6.02. The number of rotatable bonds is 3. The number of halogens is 1. The van der Waals surface area contributed by atoms with Gasteiger partial charge in [0.25, 0.3) is 0 Å². The quantitative estimate of drug-likeness (QED) is 0.844. The van der Waals surface area contributed by atoms with Crippen LogP contribution in [0, 0.1) is 19.8 Å². The molecule has 5 heteroatoms. The van der Waals surface area contributed by atoms with Gasteiger partial charge in [-0.3, -0.25) is 0 Å². The van der Waals surface area contributed by atoms with Crippen molar-refractivity contribution in [2.45, 2.75) is 26.7 Å². The van der Waals surface area contributed by atoms with Gasteiger partial charge in [0.1, 0.15) is 16.8 Å². The maximum Gasteiger partial charge on any atom is 0.137 e. The number of ether oxygens (including phenoxy) is 1. The summed E-state index contributed by atoms with van der Waals surface area (Å²) in [5, 5.41) is 3.88. The summed E-state index contributed by atoms with van der Waals surface area (Å²) in [4.78, 5) is 8.49. The summed E-state index contributed by atoms with van der Waals surface area (Å²) in [5.74, 6) is 2.10. The number of anilines is 1. The summed E-state index contributed by atoms with van der Waals surface area (Å²) >= 11 is 6.02. The molecule has 1 saturated heterocycles. The lowest BCUT2D eigenvalue weighted by Crippen LogP contribution is -2.25. The van der Waals surface area contributed by atoms with E-state index in [0.29, 0.717) is 16.9 Å². The molecule has 1 N–H and O–H groups in total. The predicted molar refractivity (Wildman–Crippen MR) is 68.5 cm³/mol. The number of aryl methyl sites for hydroxylation is 1. The summed E-state index contributed by atoms with van der Waals surface area (Å²) in [6.45, 7) is 6.40. The molecule has 1 aliphatic heterocycles. The third-order valence-corrected chi connectivity index (χ3v) is 3.38. The molecule has 0 radical (unpaired) electrons. The maximum absolute atomic E-state index is 6.02. The zero-order chi connectivity index (χ0) is 12.3. The first-order valence-electron chi connectivity index (χ1n) is 5.99. The molecule has 0 bridgehead atoms. The van der Waals surface area contributed by atoms with Crippen LogP contribution in [0.2, 0.25) is 5.15 Å². The van der Waals surface area contributed by atoms with E-state index in [0.717, 1.165) is 37.6 Å². The highest BCUT2D eigenvalue weighted by Crippen LogP contribution is 2.21. The Balaban J connectivity index is 1.98. The van der Waals surface area contributed by atoms with E-state index < -0.39 is 0 Å². The van der Waals surface area contributed by atoms with Crippen molar-refractivity contribution in [3.63, 3.8) is 0 Å². The molecule has 0 spiro atoms. The molecule has 1 aliphatic rings. The van der Waals surface area contributed by atoms with E-state index in [-0.39, 0.29) is 0 Å². The third kappa shape index (κ3) is 3.30. The number of nitrogens with one attached hydrogen (secondary N) is 1. The van der Waals surface area contributed by atoms with Gasteiger partial charge in [-0.1, -0.05) is 11.6 Å². The SMILES string of the molecule is Cc1nc(Cl)c(C)c(NCC2CCCOC2)n1. The van der Waals surface area contributed by atoms with Gasteiger partial charge < -0.3 is 10.1 Å². The topological polar surface area (TPSA) is 47.0 Å². The first-order valence-corrected chi connectivity index (χ1v) is 6.37. The van der Waals surface area contributed by atoms with E-state index in [1.54, 1.807) is 0 Å². The average molecular weight is 256 g/mol. The largest absolute Gasteiger partial charge is 0.381 e. The van der Waals surface area contributed by atoms with Crippen LogP contribution in [0.1, 0.15) is 24.2 Å². The zero-order valence-electron chi connectivity index (χ0n) is 10.3. The molecule has 1 atom stereocenters. The van der Waals surface area contributed by atoms with Crippen LogP contribution in [-0.2, 0) is 4.74 Å². The lowest BCUT2D eigenvalue weighted by molar-refractivity contribution is 0.0595. The number of hydrogen-bond acceptors (Lipinski definition) is 4. The lowest BCUT2D eigenvalue weighted by Gasteiger charge is -2.22. The molecule has 2 heterocycles. The molecule has 0 amide bonds. The molecule has 94 valence electrons. The van der Waals surface area contributed by atoms with Crippen LogP contribution in [0.3, 0.4) is 0 Å². The Kier molecular flexibility index (Phi) is 4.18. The van der Waals surface area contributed by atoms with Crippen LogP contribution >= 0.6 is 11.6 Å². The van der Waals surface area contributed by atoms with Gasteiger partial charge in [0.15, 0.2) is 0 Å². The highest BCUT2D eigenvalue weighted by Gasteiger charge is 2.15. The van der Waals surface area contributed by atoms with Crippen molar-refractivity contribution >= 4 is 17.4 Å². The van der Waals surface area contributed by atoms with Crippen molar-refractivity contribution in [2.75, 3.05) is 25.1 Å². The van der Waals surface area contributed by atoms with Gasteiger partial charge in [0, 0.05) is 18.7 Å². The van der Waals surface area contributed by atoms with Gasteiger partial charge in [0.2, 0.25) is 0 Å². The van der Waals surface area contributed by atoms with Gasteiger partial charge >= 0.3 is 0 Å². The summed E-state index contributed by atoms with van der Waals surface area (Å²) < 4.78 is 5.45. The van der Waals surface area contributed by atoms with Gasteiger partial charge in [-0.25, -0.2) is 9.97 Å². The van der Waals surface area contributed by atoms with Crippen LogP contribution in [0.25, 0.3) is 0 Å². The zero-order valence-corrected chi connectivity index (χ0v) is 11.0. The minimum absolute atomic E-state index is 0.528. The van der Waals surface area contributed by atoms with Crippen LogP contribution in [0.5, 0.6) is 0 Å². The Morgan fingerprint density at radius 1 is 1.41 bits per heavy atom. The molecule has 0 aliphatic carbocycles. The fourth-order valence-corrected chi connectivity index (χ4v) is 2.19. The van der Waals surface area contributed by atoms with E-state index in [4.69, 9.17) is 16.3 Å². The van der Waals surface area contributed by atoms with E-state index in [1.807, 2.05) is 13.8 Å². The molecule has 1 fully saturated rings. The Hall–Kier alpha value is -0.870. The molecule has 1 unspecified atom stereocenters. The van der Waals surface area contributed by atoms with Crippen molar-refractivity contribution in [3.8, 4) is 0 Å². The normalized spacial score (nSPS) is 20.3. The lowest BCUT2D eigenvalue weighted by atomic mass is 10.0. The van der Waals surface area contributed by atoms with Crippen molar-refractivity contribution in [2.24, 2.45) is 5.92 Å². The number of nitrogens with zero attached hydrogens (tertiary/aromatic N) is 2. The fraction of sp³-hybridized carbons (Fsp3) is 0.667. The molecular weight excluding hydrogens is 238 g/mol. The molecular formula is C12H18ClN3O. The molecule has 1 aromatic heterocycles. The molecule has 1 aromatic rings. The Bertz CT molecular complexity index is 392. The van der Waals surface area contributed by atoms with Gasteiger partial charge in [-0.2, -0.15) is 0 Å². The van der Waals surface area contributed by atoms with Gasteiger partial charge in [0.05, 0.1) is 6.61 Å². The Morgan fingerprint density at radius 2 is 2.24 bits per heavy atom. The van der Waals surface area contributed by atoms with E-state index in [2.05, 4.69) is 15.3 Å². The summed E-state index contributed by atoms with van der Waals surface area (Å²) in [6, 6.07) is 0. The predicted octanol–water partition coefficient (Wildman–Crippen LogP) is 2.59. The smallest absolute Gasteiger partial charge is 0.137 e. The second kappa shape index (κ2) is 5.65. The third-order valence-electron chi connectivity index (χ3n) is 3.01. The van der Waals surface area contributed by atoms with Gasteiger partial charge in [-0.05, 0) is 32.6 Å².